The van der Waals surface area contributed by atoms with Gasteiger partial charge in [0.15, 0.2) is 0 Å². The molecule has 0 unspecified atom stereocenters. The van der Waals surface area contributed by atoms with Crippen LogP contribution in [0, 0.1) is 0 Å². The van der Waals surface area contributed by atoms with Crippen LogP contribution in [0.1, 0.15) is 34.5 Å². The second-order valence-electron chi connectivity index (χ2n) is 7.09. The van der Waals surface area contributed by atoms with Crippen molar-refractivity contribution in [1.82, 2.24) is 5.32 Å². The van der Waals surface area contributed by atoms with Gasteiger partial charge in [-0.3, -0.25) is 0 Å². The third kappa shape index (κ3) is 5.95. The number of carbonyl (C=O) groups excluding carboxylic acids is 1. The van der Waals surface area contributed by atoms with Gasteiger partial charge in [-0.1, -0.05) is 35.9 Å². The number of sulfone groups is 1. The van der Waals surface area contributed by atoms with Crippen molar-refractivity contribution >= 4 is 27.4 Å². The van der Waals surface area contributed by atoms with Gasteiger partial charge in [0.05, 0.1) is 28.1 Å². The minimum Gasteiger partial charge on any atom is -0.462 e. The number of halogens is 1. The second-order valence-corrected chi connectivity index (χ2v) is 9.48. The fraction of sp³-hybridized carbons (Fsp3) is 0.208. The highest BCUT2D eigenvalue weighted by Crippen LogP contribution is 2.22. The molecule has 32 heavy (non-hydrogen) atoms. The third-order valence-corrected chi connectivity index (χ3v) is 6.83. The van der Waals surface area contributed by atoms with Crippen LogP contribution < -0.4 is 5.32 Å². The quantitative estimate of drug-likeness (QED) is 0.453. The molecule has 0 aliphatic rings. The lowest BCUT2D eigenvalue weighted by Crippen LogP contribution is -2.21. The summed E-state index contributed by atoms with van der Waals surface area (Å²) >= 11 is 5.95. The fourth-order valence-electron chi connectivity index (χ4n) is 3.09. The van der Waals surface area contributed by atoms with Crippen LogP contribution in [0.25, 0.3) is 0 Å². The Bertz CT molecular complexity index is 1160. The zero-order valence-corrected chi connectivity index (χ0v) is 19.1. The molecule has 0 saturated carbocycles. The Hall–Kier alpha value is -2.71. The normalized spacial score (nSPS) is 12.3. The van der Waals surface area contributed by atoms with Gasteiger partial charge in [-0.15, -0.1) is 0 Å². The van der Waals surface area contributed by atoms with Gasteiger partial charge in [-0.25, -0.2) is 13.2 Å². The number of rotatable bonds is 9. The topological polar surface area (TPSA) is 92.7 Å². The Labute approximate surface area is 192 Å². The van der Waals surface area contributed by atoms with Gasteiger partial charge in [0.25, 0.3) is 0 Å². The van der Waals surface area contributed by atoms with Gasteiger partial charge >= 0.3 is 5.97 Å². The van der Waals surface area contributed by atoms with Crippen molar-refractivity contribution in [2.24, 2.45) is 0 Å². The van der Waals surface area contributed by atoms with Crippen molar-refractivity contribution in [3.8, 4) is 0 Å². The molecular weight excluding hydrogens is 450 g/mol. The molecule has 0 aliphatic heterocycles. The molecule has 3 aromatic rings. The van der Waals surface area contributed by atoms with Gasteiger partial charge in [0.2, 0.25) is 9.84 Å². The van der Waals surface area contributed by atoms with Crippen LogP contribution in [0.2, 0.25) is 5.02 Å². The summed E-state index contributed by atoms with van der Waals surface area (Å²) in [6.07, 6.45) is -0.703. The zero-order valence-electron chi connectivity index (χ0n) is 17.5. The number of aliphatic hydroxyl groups is 1. The van der Waals surface area contributed by atoms with E-state index in [0.717, 1.165) is 11.1 Å². The molecule has 0 saturated heterocycles. The van der Waals surface area contributed by atoms with Crippen molar-refractivity contribution in [3.63, 3.8) is 0 Å². The van der Waals surface area contributed by atoms with E-state index in [4.69, 9.17) is 16.3 Å². The summed E-state index contributed by atoms with van der Waals surface area (Å²) in [4.78, 5) is 12.0. The molecule has 0 radical (unpaired) electrons. The lowest BCUT2D eigenvalue weighted by Gasteiger charge is -2.13. The summed E-state index contributed by atoms with van der Waals surface area (Å²) in [5.41, 5.74) is 1.90. The van der Waals surface area contributed by atoms with Crippen LogP contribution in [0.4, 0.5) is 0 Å². The molecule has 0 bridgehead atoms. The van der Waals surface area contributed by atoms with E-state index in [9.17, 15) is 18.3 Å². The molecule has 0 fully saturated rings. The molecule has 0 spiro atoms. The molecule has 3 rings (SSSR count). The zero-order chi connectivity index (χ0) is 23.1. The Morgan fingerprint density at radius 1 is 1.03 bits per heavy atom. The standard InChI is InChI=1S/C24H24ClNO5S/c1-2-31-24(28)18-8-12-22(13-9-18)32(29,30)21-10-6-17(7-11-21)15-26-16-23(27)19-4-3-5-20(25)14-19/h3-14,23,26-27H,2,15-16H2,1H3/t23-/m1/s1. The molecule has 2 N–H and O–H groups in total. The highest BCUT2D eigenvalue weighted by Gasteiger charge is 2.18. The van der Waals surface area contributed by atoms with E-state index < -0.39 is 21.9 Å². The van der Waals surface area contributed by atoms with E-state index >= 15 is 0 Å². The van der Waals surface area contributed by atoms with Crippen LogP contribution in [0.15, 0.2) is 82.6 Å². The van der Waals surface area contributed by atoms with Crippen LogP contribution in [0.3, 0.4) is 0 Å². The molecular formula is C24H24ClNO5S. The molecule has 1 atom stereocenters. The first-order valence-electron chi connectivity index (χ1n) is 10.1. The first-order valence-corrected chi connectivity index (χ1v) is 11.9. The minimum atomic E-state index is -3.71. The average molecular weight is 474 g/mol. The van der Waals surface area contributed by atoms with Gasteiger partial charge in [-0.05, 0) is 66.6 Å². The number of benzene rings is 3. The van der Waals surface area contributed by atoms with E-state index in [-0.39, 0.29) is 16.4 Å². The Morgan fingerprint density at radius 3 is 2.25 bits per heavy atom. The maximum atomic E-state index is 12.9. The van der Waals surface area contributed by atoms with Crippen LogP contribution >= 0.6 is 11.6 Å². The minimum absolute atomic E-state index is 0.0982. The molecule has 8 heteroatoms. The molecule has 0 aliphatic carbocycles. The van der Waals surface area contributed by atoms with Crippen molar-refractivity contribution in [1.29, 1.82) is 0 Å². The molecule has 0 amide bonds. The lowest BCUT2D eigenvalue weighted by molar-refractivity contribution is 0.0526. The summed E-state index contributed by atoms with van der Waals surface area (Å²) in [5, 5.41) is 14.0. The maximum absolute atomic E-state index is 12.9. The van der Waals surface area contributed by atoms with Crippen LogP contribution in [-0.4, -0.2) is 32.6 Å². The fourth-order valence-corrected chi connectivity index (χ4v) is 4.55. The van der Waals surface area contributed by atoms with Gasteiger partial charge < -0.3 is 15.2 Å². The summed E-state index contributed by atoms with van der Waals surface area (Å²) in [6.45, 7) is 2.75. The second kappa shape index (κ2) is 10.7. The SMILES string of the molecule is CCOC(=O)c1ccc(S(=O)(=O)c2ccc(CNC[C@@H](O)c3cccc(Cl)c3)cc2)cc1. The maximum Gasteiger partial charge on any atom is 0.338 e. The van der Waals surface area contributed by atoms with Crippen molar-refractivity contribution in [3.05, 3.63) is 94.5 Å². The largest absolute Gasteiger partial charge is 0.462 e. The lowest BCUT2D eigenvalue weighted by atomic mass is 10.1. The number of esters is 1. The Morgan fingerprint density at radius 2 is 1.66 bits per heavy atom. The number of nitrogens with one attached hydrogen (secondary N) is 1. The Kier molecular flexibility index (Phi) is 8.04. The van der Waals surface area contributed by atoms with Gasteiger partial charge in [0, 0.05) is 18.1 Å². The van der Waals surface area contributed by atoms with Crippen molar-refractivity contribution in [2.45, 2.75) is 29.4 Å². The van der Waals surface area contributed by atoms with Gasteiger partial charge in [-0.2, -0.15) is 0 Å². The van der Waals surface area contributed by atoms with Crippen molar-refractivity contribution < 1.29 is 23.1 Å². The summed E-state index contributed by atoms with van der Waals surface area (Å²) in [5.74, 6) is -0.492. The first kappa shape index (κ1) is 23.9. The third-order valence-electron chi connectivity index (χ3n) is 4.81. The number of ether oxygens (including phenoxy) is 1. The van der Waals surface area contributed by atoms with E-state index in [1.165, 1.54) is 24.3 Å². The Balaban J connectivity index is 1.61. The van der Waals surface area contributed by atoms with Crippen LogP contribution in [0.5, 0.6) is 0 Å². The van der Waals surface area contributed by atoms with Crippen LogP contribution in [-0.2, 0) is 21.1 Å². The predicted octanol–water partition coefficient (Wildman–Crippen LogP) is 4.17. The summed E-state index contributed by atoms with van der Waals surface area (Å²) < 4.78 is 30.6. The molecule has 168 valence electrons. The molecule has 6 nitrogen and oxygen atoms in total. The van der Waals surface area contributed by atoms with Crippen molar-refractivity contribution in [2.75, 3.05) is 13.2 Å². The monoisotopic (exact) mass is 473 g/mol. The number of hydrogen-bond donors (Lipinski definition) is 2. The first-order chi connectivity index (χ1) is 15.3. The molecule has 0 aromatic heterocycles. The highest BCUT2D eigenvalue weighted by atomic mass is 35.5. The van der Waals surface area contributed by atoms with Gasteiger partial charge in [0.1, 0.15) is 0 Å². The van der Waals surface area contributed by atoms with E-state index in [1.807, 2.05) is 0 Å². The number of aliphatic hydroxyl groups excluding tert-OH is 1. The number of carbonyl (C=O) groups is 1. The van der Waals surface area contributed by atoms with E-state index in [2.05, 4.69) is 5.32 Å². The predicted molar refractivity (Wildman–Crippen MR) is 122 cm³/mol. The molecule has 0 heterocycles. The average Bonchev–Trinajstić information content (AvgIpc) is 2.79. The van der Waals surface area contributed by atoms with E-state index in [1.54, 1.807) is 55.5 Å². The summed E-state index contributed by atoms with van der Waals surface area (Å²) in [6, 6.07) is 19.2. The molecule has 3 aromatic carbocycles. The summed E-state index contributed by atoms with van der Waals surface area (Å²) in [7, 11) is -3.71. The van der Waals surface area contributed by atoms with E-state index in [0.29, 0.717) is 23.7 Å². The smallest absolute Gasteiger partial charge is 0.338 e. The number of hydrogen-bond acceptors (Lipinski definition) is 6. The highest BCUT2D eigenvalue weighted by molar-refractivity contribution is 7.91.